The van der Waals surface area contributed by atoms with E-state index in [9.17, 15) is 4.39 Å². The Morgan fingerprint density at radius 2 is 2.06 bits per heavy atom. The largest absolute Gasteiger partial charge is 0.235 e. The highest BCUT2D eigenvalue weighted by molar-refractivity contribution is 5.72. The smallest absolute Gasteiger partial charge is 0.183 e. The fraction of sp³-hybridized carbons (Fsp3) is 0.0833. The number of pyridine rings is 1. The van der Waals surface area contributed by atoms with Crippen molar-refractivity contribution < 1.29 is 4.39 Å². The molecule has 0 fully saturated rings. The number of rotatable bonds is 1. The van der Waals surface area contributed by atoms with Crippen LogP contribution in [0, 0.1) is 12.7 Å². The van der Waals surface area contributed by atoms with Gasteiger partial charge in [-0.3, -0.25) is 0 Å². The third kappa shape index (κ3) is 1.56. The van der Waals surface area contributed by atoms with E-state index in [0.717, 1.165) is 5.56 Å². The summed E-state index contributed by atoms with van der Waals surface area (Å²) < 4.78 is 15.1. The van der Waals surface area contributed by atoms with Crippen LogP contribution in [0.2, 0.25) is 0 Å². The highest BCUT2D eigenvalue weighted by Gasteiger charge is 2.10. The molecule has 1 aromatic carbocycles. The van der Waals surface area contributed by atoms with Crippen LogP contribution in [-0.2, 0) is 0 Å². The summed E-state index contributed by atoms with van der Waals surface area (Å²) in [5.41, 5.74) is 2.57. The van der Waals surface area contributed by atoms with Crippen LogP contribution in [0.3, 0.4) is 0 Å². The van der Waals surface area contributed by atoms with Crippen LogP contribution in [0.25, 0.3) is 16.9 Å². The number of fused-ring (bicyclic) bond motifs is 1. The first-order valence-corrected chi connectivity index (χ1v) is 5.18. The second-order valence-corrected chi connectivity index (χ2v) is 3.81. The molecule has 0 aliphatic carbocycles. The summed E-state index contributed by atoms with van der Waals surface area (Å²) >= 11 is 0. The van der Waals surface area contributed by atoms with E-state index in [0.29, 0.717) is 16.9 Å². The Bertz CT molecular complexity index is 690. The van der Waals surface area contributed by atoms with Crippen molar-refractivity contribution in [3.63, 3.8) is 0 Å². The lowest BCUT2D eigenvalue weighted by molar-refractivity contribution is 0.609. The van der Waals surface area contributed by atoms with Crippen molar-refractivity contribution in [2.24, 2.45) is 0 Å². The Morgan fingerprint density at radius 1 is 1.24 bits per heavy atom. The molecule has 2 aromatic heterocycles. The van der Waals surface area contributed by atoms with Crippen molar-refractivity contribution in [2.75, 3.05) is 0 Å². The summed E-state index contributed by atoms with van der Waals surface area (Å²) in [5.74, 6) is -0.346. The van der Waals surface area contributed by atoms with Gasteiger partial charge in [0.25, 0.3) is 0 Å². The van der Waals surface area contributed by atoms with Gasteiger partial charge in [-0.1, -0.05) is 17.3 Å². The molecule has 0 unspecified atom stereocenters. The number of aryl methyl sites for hydroxylation is 1. The maximum atomic E-state index is 13.6. The van der Waals surface area contributed by atoms with Gasteiger partial charge in [-0.05, 0) is 30.7 Å². The molecule has 2 heterocycles. The zero-order valence-electron chi connectivity index (χ0n) is 9.13. The van der Waals surface area contributed by atoms with E-state index in [4.69, 9.17) is 0 Å². The van der Waals surface area contributed by atoms with Crippen molar-refractivity contribution >= 4 is 11.2 Å². The number of halogens is 1. The maximum Gasteiger partial charge on any atom is 0.183 e. The standard InChI is InChI=1S/C12H9FN4/c1-8-6-10-12(14-7-8)17(16-15-10)11-5-3-2-4-9(11)13/h2-7H,1H3. The Morgan fingerprint density at radius 3 is 2.88 bits per heavy atom. The van der Waals surface area contributed by atoms with Gasteiger partial charge in [-0.15, -0.1) is 5.10 Å². The van der Waals surface area contributed by atoms with Gasteiger partial charge in [0, 0.05) is 6.20 Å². The summed E-state index contributed by atoms with van der Waals surface area (Å²) in [7, 11) is 0. The lowest BCUT2D eigenvalue weighted by Crippen LogP contribution is -2.00. The van der Waals surface area contributed by atoms with Gasteiger partial charge >= 0.3 is 0 Å². The van der Waals surface area contributed by atoms with Crippen LogP contribution in [0.4, 0.5) is 4.39 Å². The molecule has 5 heteroatoms. The molecule has 0 N–H and O–H groups in total. The molecule has 0 saturated heterocycles. The SMILES string of the molecule is Cc1cnc2c(c1)nnn2-c1ccccc1F. The van der Waals surface area contributed by atoms with Gasteiger partial charge in [0.15, 0.2) is 5.65 Å². The summed E-state index contributed by atoms with van der Waals surface area (Å²) in [4.78, 5) is 4.23. The second-order valence-electron chi connectivity index (χ2n) is 3.81. The van der Waals surface area contributed by atoms with E-state index in [1.807, 2.05) is 13.0 Å². The van der Waals surface area contributed by atoms with Crippen molar-refractivity contribution in [1.82, 2.24) is 20.0 Å². The third-order valence-corrected chi connectivity index (χ3v) is 2.51. The Kier molecular flexibility index (Phi) is 2.11. The number of benzene rings is 1. The molecule has 17 heavy (non-hydrogen) atoms. The minimum absolute atomic E-state index is 0.346. The van der Waals surface area contributed by atoms with Crippen LogP contribution < -0.4 is 0 Å². The van der Waals surface area contributed by atoms with E-state index < -0.39 is 0 Å². The fourth-order valence-corrected chi connectivity index (χ4v) is 1.70. The molecule has 3 aromatic rings. The van der Waals surface area contributed by atoms with E-state index in [-0.39, 0.29) is 5.82 Å². The number of para-hydroxylation sites is 1. The van der Waals surface area contributed by atoms with Gasteiger partial charge < -0.3 is 0 Å². The molecule has 0 saturated carbocycles. The molecule has 0 amide bonds. The maximum absolute atomic E-state index is 13.6. The zero-order chi connectivity index (χ0) is 11.8. The highest BCUT2D eigenvalue weighted by atomic mass is 19.1. The molecule has 4 nitrogen and oxygen atoms in total. The van der Waals surface area contributed by atoms with Crippen molar-refractivity contribution in [1.29, 1.82) is 0 Å². The van der Waals surface area contributed by atoms with Crippen LogP contribution in [-0.4, -0.2) is 20.0 Å². The van der Waals surface area contributed by atoms with Crippen molar-refractivity contribution in [3.8, 4) is 5.69 Å². The second kappa shape index (κ2) is 3.62. The minimum Gasteiger partial charge on any atom is -0.235 e. The summed E-state index contributed by atoms with van der Waals surface area (Å²) in [5, 5.41) is 7.91. The van der Waals surface area contributed by atoms with E-state index >= 15 is 0 Å². The van der Waals surface area contributed by atoms with Gasteiger partial charge in [0.05, 0.1) is 0 Å². The predicted molar refractivity (Wildman–Crippen MR) is 61.4 cm³/mol. The first kappa shape index (κ1) is 9.89. The topological polar surface area (TPSA) is 43.6 Å². The van der Waals surface area contributed by atoms with Gasteiger partial charge in [-0.25, -0.2) is 9.37 Å². The van der Waals surface area contributed by atoms with Gasteiger partial charge in [-0.2, -0.15) is 4.68 Å². The zero-order valence-corrected chi connectivity index (χ0v) is 9.13. The van der Waals surface area contributed by atoms with Gasteiger partial charge in [0.2, 0.25) is 0 Å². The van der Waals surface area contributed by atoms with Crippen LogP contribution in [0.5, 0.6) is 0 Å². The lowest BCUT2D eigenvalue weighted by Gasteiger charge is -2.02. The Labute approximate surface area is 96.7 Å². The quantitative estimate of drug-likeness (QED) is 0.641. The van der Waals surface area contributed by atoms with Crippen LogP contribution in [0.15, 0.2) is 36.5 Å². The number of hydrogen-bond donors (Lipinski definition) is 0. The van der Waals surface area contributed by atoms with Crippen LogP contribution in [0.1, 0.15) is 5.56 Å². The number of nitrogens with zero attached hydrogens (tertiary/aromatic N) is 4. The van der Waals surface area contributed by atoms with Crippen molar-refractivity contribution in [2.45, 2.75) is 6.92 Å². The summed E-state index contributed by atoms with van der Waals surface area (Å²) in [6.45, 7) is 1.93. The summed E-state index contributed by atoms with van der Waals surface area (Å²) in [6.07, 6.45) is 1.71. The first-order valence-electron chi connectivity index (χ1n) is 5.18. The molecule has 0 aliphatic rings. The average Bonchev–Trinajstić information content (AvgIpc) is 2.72. The molecule has 84 valence electrons. The van der Waals surface area contributed by atoms with E-state index in [2.05, 4.69) is 15.3 Å². The molecule has 0 spiro atoms. The first-order chi connectivity index (χ1) is 8.25. The molecule has 3 rings (SSSR count). The predicted octanol–water partition coefficient (Wildman–Crippen LogP) is 2.26. The van der Waals surface area contributed by atoms with E-state index in [1.165, 1.54) is 10.7 Å². The molecule has 0 atom stereocenters. The minimum atomic E-state index is -0.346. The monoisotopic (exact) mass is 228 g/mol. The fourth-order valence-electron chi connectivity index (χ4n) is 1.70. The van der Waals surface area contributed by atoms with E-state index in [1.54, 1.807) is 24.4 Å². The van der Waals surface area contributed by atoms with Gasteiger partial charge in [0.1, 0.15) is 17.0 Å². The molecule has 0 bridgehead atoms. The lowest BCUT2D eigenvalue weighted by atomic mass is 10.3. The number of aromatic nitrogens is 4. The number of hydrogen-bond acceptors (Lipinski definition) is 3. The van der Waals surface area contributed by atoms with Crippen LogP contribution >= 0.6 is 0 Å². The summed E-state index contributed by atoms with van der Waals surface area (Å²) in [6, 6.07) is 8.28. The molecule has 0 radical (unpaired) electrons. The highest BCUT2D eigenvalue weighted by Crippen LogP contribution is 2.17. The third-order valence-electron chi connectivity index (χ3n) is 2.51. The normalized spacial score (nSPS) is 10.9. The molecular weight excluding hydrogens is 219 g/mol. The Hall–Kier alpha value is -2.30. The Balaban J connectivity index is 2.29. The average molecular weight is 228 g/mol. The molecular formula is C12H9FN4. The molecule has 0 aliphatic heterocycles. The van der Waals surface area contributed by atoms with Crippen molar-refractivity contribution in [3.05, 3.63) is 47.9 Å².